The van der Waals surface area contributed by atoms with Crippen LogP contribution in [0.25, 0.3) is 11.1 Å². The molecular weight excluding hydrogens is 639 g/mol. The molecule has 2 aliphatic heterocycles. The molecule has 2 N–H and O–H groups in total. The quantitative estimate of drug-likeness (QED) is 0.294. The molecule has 0 bridgehead atoms. The van der Waals surface area contributed by atoms with E-state index in [1.807, 2.05) is 25.7 Å². The third kappa shape index (κ3) is 6.73. The minimum atomic E-state index is -5.04. The lowest BCUT2D eigenvalue weighted by Gasteiger charge is -2.57. The Morgan fingerprint density at radius 3 is 2.25 bits per heavy atom. The smallest absolute Gasteiger partial charge is 0.417 e. The highest BCUT2D eigenvalue weighted by molar-refractivity contribution is 6.07. The normalized spacial score (nSPS) is 20.5. The largest absolute Gasteiger partial charge is 0.465 e. The summed E-state index contributed by atoms with van der Waals surface area (Å²) in [6.45, 7) is 11.4. The number of benzene rings is 2. The van der Waals surface area contributed by atoms with Crippen molar-refractivity contribution in [3.63, 3.8) is 0 Å². The van der Waals surface area contributed by atoms with E-state index in [9.17, 15) is 32.3 Å². The number of nitrogens with one attached hydrogen (secondary N) is 1. The van der Waals surface area contributed by atoms with E-state index in [1.54, 1.807) is 18.7 Å². The van der Waals surface area contributed by atoms with Crippen LogP contribution in [0.2, 0.25) is 0 Å². The molecule has 2 amide bonds. The SMILES string of the molecule is C[C@@H]1CN(c2cc(F)c(-c3cnc(N4CCOCC4)nc3)cc2NC(=O)c2ccc(F)cc2C(F)(F)F)C[C@](C)(C(C)(C)C)N1C(=O)O. The van der Waals surface area contributed by atoms with E-state index in [1.165, 1.54) is 23.4 Å². The zero-order valence-corrected chi connectivity index (χ0v) is 27.2. The van der Waals surface area contributed by atoms with Crippen LogP contribution in [-0.2, 0) is 10.9 Å². The van der Waals surface area contributed by atoms with Gasteiger partial charge in [-0.25, -0.2) is 23.5 Å². The van der Waals surface area contributed by atoms with Crippen molar-refractivity contribution in [2.45, 2.75) is 52.4 Å². The molecule has 2 aromatic carbocycles. The predicted octanol–water partition coefficient (Wildman–Crippen LogP) is 6.52. The molecule has 2 atom stereocenters. The van der Waals surface area contributed by atoms with Crippen molar-refractivity contribution in [3.05, 3.63) is 65.5 Å². The topological polar surface area (TPSA) is 111 Å². The maximum Gasteiger partial charge on any atom is 0.417 e. The number of morpholine rings is 1. The average Bonchev–Trinajstić information content (AvgIpc) is 3.00. The van der Waals surface area contributed by atoms with Crippen molar-refractivity contribution in [3.8, 4) is 11.1 Å². The number of piperazine rings is 1. The van der Waals surface area contributed by atoms with Crippen LogP contribution in [0.5, 0.6) is 0 Å². The van der Waals surface area contributed by atoms with E-state index in [4.69, 9.17) is 4.74 Å². The van der Waals surface area contributed by atoms with Crippen LogP contribution in [0.15, 0.2) is 42.7 Å². The second-order valence-corrected chi connectivity index (χ2v) is 13.3. The first-order chi connectivity index (χ1) is 22.4. The Bertz CT molecular complexity index is 1690. The summed E-state index contributed by atoms with van der Waals surface area (Å²) in [5.41, 5.74) is -3.65. The summed E-state index contributed by atoms with van der Waals surface area (Å²) in [6, 6.07) is 3.57. The van der Waals surface area contributed by atoms with E-state index >= 15 is 4.39 Å². The Labute approximate surface area is 274 Å². The minimum Gasteiger partial charge on any atom is -0.465 e. The molecule has 0 aliphatic carbocycles. The molecule has 0 radical (unpaired) electrons. The van der Waals surface area contributed by atoms with Gasteiger partial charge in [0, 0.05) is 49.7 Å². The number of rotatable bonds is 5. The van der Waals surface area contributed by atoms with Crippen molar-refractivity contribution < 1.29 is 41.4 Å². The highest BCUT2D eigenvalue weighted by atomic mass is 19.4. The summed E-state index contributed by atoms with van der Waals surface area (Å²) < 4.78 is 76.9. The van der Waals surface area contributed by atoms with Gasteiger partial charge >= 0.3 is 12.3 Å². The van der Waals surface area contributed by atoms with Gasteiger partial charge in [0.15, 0.2) is 0 Å². The molecule has 48 heavy (non-hydrogen) atoms. The van der Waals surface area contributed by atoms with Crippen LogP contribution >= 0.6 is 0 Å². The number of nitrogens with zero attached hydrogens (tertiary/aromatic N) is 5. The molecule has 2 fully saturated rings. The molecule has 1 aromatic heterocycles. The van der Waals surface area contributed by atoms with Gasteiger partial charge in [-0.1, -0.05) is 20.8 Å². The van der Waals surface area contributed by atoms with Crippen molar-refractivity contribution in [1.29, 1.82) is 0 Å². The zero-order chi connectivity index (χ0) is 35.2. The van der Waals surface area contributed by atoms with E-state index in [2.05, 4.69) is 15.3 Å². The van der Waals surface area contributed by atoms with Gasteiger partial charge in [0.25, 0.3) is 5.91 Å². The van der Waals surface area contributed by atoms with E-state index < -0.39 is 57.9 Å². The third-order valence-electron chi connectivity index (χ3n) is 9.23. The van der Waals surface area contributed by atoms with E-state index in [0.29, 0.717) is 32.3 Å². The monoisotopic (exact) mass is 676 g/mol. The zero-order valence-electron chi connectivity index (χ0n) is 27.2. The van der Waals surface area contributed by atoms with Gasteiger partial charge in [0.2, 0.25) is 5.95 Å². The maximum absolute atomic E-state index is 16.1. The van der Waals surface area contributed by atoms with Crippen LogP contribution in [0, 0.1) is 17.0 Å². The molecule has 5 rings (SSSR count). The number of anilines is 3. The third-order valence-corrected chi connectivity index (χ3v) is 9.23. The number of aromatic nitrogens is 2. The maximum atomic E-state index is 16.1. The molecule has 2 aliphatic rings. The van der Waals surface area contributed by atoms with Gasteiger partial charge < -0.3 is 25.0 Å². The molecule has 0 spiro atoms. The summed E-state index contributed by atoms with van der Waals surface area (Å²) in [7, 11) is 0. The van der Waals surface area contributed by atoms with Gasteiger partial charge in [-0.2, -0.15) is 13.2 Å². The lowest BCUT2D eigenvalue weighted by atomic mass is 9.71. The Morgan fingerprint density at radius 2 is 1.67 bits per heavy atom. The Hall–Kier alpha value is -4.53. The number of halogens is 5. The number of ether oxygens (including phenoxy) is 1. The van der Waals surface area contributed by atoms with Crippen LogP contribution in [0.3, 0.4) is 0 Å². The van der Waals surface area contributed by atoms with Crippen molar-refractivity contribution >= 4 is 29.3 Å². The molecule has 258 valence electrons. The second kappa shape index (κ2) is 12.8. The first-order valence-electron chi connectivity index (χ1n) is 15.3. The fourth-order valence-corrected chi connectivity index (χ4v) is 6.25. The average molecular weight is 677 g/mol. The highest BCUT2D eigenvalue weighted by Crippen LogP contribution is 2.44. The molecule has 3 aromatic rings. The molecule has 0 saturated carbocycles. The lowest BCUT2D eigenvalue weighted by Crippen LogP contribution is -2.70. The number of carboxylic acid groups (broad SMARTS) is 1. The molecule has 10 nitrogen and oxygen atoms in total. The summed E-state index contributed by atoms with van der Waals surface area (Å²) in [6.07, 6.45) is -3.35. The second-order valence-electron chi connectivity index (χ2n) is 13.3. The van der Waals surface area contributed by atoms with Crippen LogP contribution < -0.4 is 15.1 Å². The van der Waals surface area contributed by atoms with E-state index in [0.717, 1.165) is 18.2 Å². The van der Waals surface area contributed by atoms with Gasteiger partial charge in [-0.15, -0.1) is 0 Å². The first-order valence-corrected chi connectivity index (χ1v) is 15.3. The van der Waals surface area contributed by atoms with Crippen LogP contribution in [-0.4, -0.2) is 82.9 Å². The summed E-state index contributed by atoms with van der Waals surface area (Å²) in [5, 5.41) is 12.6. The van der Waals surface area contributed by atoms with Gasteiger partial charge in [-0.3, -0.25) is 9.69 Å². The van der Waals surface area contributed by atoms with Crippen LogP contribution in [0.4, 0.5) is 44.1 Å². The summed E-state index contributed by atoms with van der Waals surface area (Å²) in [5.74, 6) is -2.68. The summed E-state index contributed by atoms with van der Waals surface area (Å²) >= 11 is 0. The minimum absolute atomic E-state index is 0.0338. The summed E-state index contributed by atoms with van der Waals surface area (Å²) in [4.78, 5) is 39.6. The van der Waals surface area contributed by atoms with Crippen molar-refractivity contribution in [1.82, 2.24) is 14.9 Å². The number of hydrogen-bond acceptors (Lipinski definition) is 7. The Kier molecular flexibility index (Phi) is 9.30. The molecule has 15 heteroatoms. The molecular formula is C33H37F5N6O4. The van der Waals surface area contributed by atoms with Gasteiger partial charge in [0.1, 0.15) is 11.6 Å². The molecule has 0 unspecified atom stereocenters. The molecule has 2 saturated heterocycles. The fourth-order valence-electron chi connectivity index (χ4n) is 6.25. The predicted molar refractivity (Wildman–Crippen MR) is 169 cm³/mol. The Morgan fingerprint density at radius 1 is 1.02 bits per heavy atom. The first kappa shape index (κ1) is 34.8. The van der Waals surface area contributed by atoms with Gasteiger partial charge in [0.05, 0.1) is 47.3 Å². The number of carbonyl (C=O) groups is 2. The van der Waals surface area contributed by atoms with Crippen LogP contribution in [0.1, 0.15) is 50.5 Å². The van der Waals surface area contributed by atoms with Gasteiger partial charge in [-0.05, 0) is 49.6 Å². The molecule has 3 heterocycles. The highest BCUT2D eigenvalue weighted by Gasteiger charge is 2.51. The number of alkyl halides is 3. The lowest BCUT2D eigenvalue weighted by molar-refractivity contribution is -0.138. The Balaban J connectivity index is 1.61. The van der Waals surface area contributed by atoms with Crippen molar-refractivity contribution in [2.24, 2.45) is 5.41 Å². The number of amides is 2. The fraction of sp³-hybridized carbons (Fsp3) is 0.455. The number of carbonyl (C=O) groups excluding carboxylic acids is 1. The van der Waals surface area contributed by atoms with E-state index in [-0.39, 0.29) is 41.7 Å². The van der Waals surface area contributed by atoms with Crippen molar-refractivity contribution in [2.75, 3.05) is 54.5 Å². The number of hydrogen-bond donors (Lipinski definition) is 2. The standard InChI is InChI=1S/C33H37F5N6O4/c1-19-17-43(18-32(5,31(2,3)4)44(19)30(46)47)27-14-25(35)23(20-15-39-29(40-16-20)42-8-10-48-11-9-42)13-26(27)41-28(45)22-7-6-21(34)12-24(22)33(36,37)38/h6-7,12-16,19H,8-11,17-18H2,1-5H3,(H,41,45)(H,46,47)/t19-,32-/m1/s1.